The molecular formula is C10H17N3OS. The Morgan fingerprint density at radius 3 is 3.07 bits per heavy atom. The van der Waals surface area contributed by atoms with Gasteiger partial charge in [-0.05, 0) is 30.3 Å². The molecule has 0 aromatic rings. The lowest BCUT2D eigenvalue weighted by molar-refractivity contribution is 0.193. The number of carbonyl (C=O) groups excluding carboxylic acids is 1. The molecule has 0 aliphatic carbocycles. The van der Waals surface area contributed by atoms with Crippen molar-refractivity contribution < 1.29 is 4.79 Å². The third kappa shape index (κ3) is 1.97. The van der Waals surface area contributed by atoms with Crippen LogP contribution in [0.5, 0.6) is 0 Å². The van der Waals surface area contributed by atoms with E-state index in [2.05, 4.69) is 11.9 Å². The summed E-state index contributed by atoms with van der Waals surface area (Å²) in [5, 5.41) is 0. The van der Waals surface area contributed by atoms with Crippen LogP contribution in [0.25, 0.3) is 0 Å². The van der Waals surface area contributed by atoms with Gasteiger partial charge in [0.25, 0.3) is 0 Å². The molecule has 2 rings (SSSR count). The Morgan fingerprint density at radius 1 is 1.67 bits per heavy atom. The first-order chi connectivity index (χ1) is 7.24. The number of hydrogen-bond acceptors (Lipinski definition) is 3. The molecule has 5 heteroatoms. The molecule has 2 aliphatic heterocycles. The molecule has 0 radical (unpaired) electrons. The smallest absolute Gasteiger partial charge is 0.345 e. The van der Waals surface area contributed by atoms with E-state index in [1.54, 1.807) is 0 Å². The van der Waals surface area contributed by atoms with Crippen molar-refractivity contribution in [2.75, 3.05) is 18.1 Å². The highest BCUT2D eigenvalue weighted by atomic mass is 32.2. The van der Waals surface area contributed by atoms with Crippen molar-refractivity contribution in [1.29, 1.82) is 0 Å². The van der Waals surface area contributed by atoms with Gasteiger partial charge in [-0.2, -0.15) is 16.8 Å². The second-order valence-corrected chi connectivity index (χ2v) is 5.23. The fraction of sp³-hybridized carbons (Fsp3) is 0.800. The number of hydrogen-bond donors (Lipinski definition) is 1. The lowest BCUT2D eigenvalue weighted by Gasteiger charge is -2.28. The molecule has 1 fully saturated rings. The summed E-state index contributed by atoms with van der Waals surface area (Å²) in [6.07, 6.45) is 2.12. The predicted molar refractivity (Wildman–Crippen MR) is 63.2 cm³/mol. The Morgan fingerprint density at radius 2 is 2.47 bits per heavy atom. The van der Waals surface area contributed by atoms with Crippen LogP contribution < -0.4 is 5.73 Å². The van der Waals surface area contributed by atoms with Gasteiger partial charge in [-0.15, -0.1) is 0 Å². The number of nitrogens with two attached hydrogens (primary N) is 1. The van der Waals surface area contributed by atoms with E-state index >= 15 is 0 Å². The van der Waals surface area contributed by atoms with E-state index in [0.29, 0.717) is 11.8 Å². The molecule has 2 atom stereocenters. The van der Waals surface area contributed by atoms with Crippen molar-refractivity contribution >= 4 is 23.6 Å². The van der Waals surface area contributed by atoms with E-state index < -0.39 is 0 Å². The molecule has 0 aromatic carbocycles. The highest BCUT2D eigenvalue weighted by molar-refractivity contribution is 7.99. The van der Waals surface area contributed by atoms with Gasteiger partial charge in [-0.25, -0.2) is 4.79 Å². The summed E-state index contributed by atoms with van der Waals surface area (Å²) in [6, 6.07) is -0.0660. The van der Waals surface area contributed by atoms with Crippen LogP contribution in [-0.2, 0) is 0 Å². The Bertz CT molecular complexity index is 286. The van der Waals surface area contributed by atoms with Crippen LogP contribution in [0.15, 0.2) is 4.99 Å². The van der Waals surface area contributed by atoms with E-state index in [1.165, 1.54) is 5.75 Å². The Hall–Kier alpha value is -0.710. The monoisotopic (exact) mass is 227 g/mol. The van der Waals surface area contributed by atoms with Crippen LogP contribution in [-0.4, -0.2) is 40.9 Å². The van der Waals surface area contributed by atoms with Crippen LogP contribution in [0.1, 0.15) is 19.8 Å². The van der Waals surface area contributed by atoms with E-state index in [0.717, 1.165) is 25.1 Å². The highest BCUT2D eigenvalue weighted by Crippen LogP contribution is 2.31. The molecule has 2 unspecified atom stereocenters. The fourth-order valence-electron chi connectivity index (χ4n) is 2.29. The number of nitrogens with zero attached hydrogens (tertiary/aromatic N) is 2. The molecule has 2 N–H and O–H groups in total. The van der Waals surface area contributed by atoms with Gasteiger partial charge in [0.2, 0.25) is 0 Å². The van der Waals surface area contributed by atoms with Crippen LogP contribution in [0, 0.1) is 5.92 Å². The van der Waals surface area contributed by atoms with Gasteiger partial charge in [0.1, 0.15) is 5.84 Å². The van der Waals surface area contributed by atoms with Crippen molar-refractivity contribution in [3.05, 3.63) is 0 Å². The number of rotatable bonds is 3. The minimum Gasteiger partial charge on any atom is -0.385 e. The van der Waals surface area contributed by atoms with Crippen molar-refractivity contribution in [3.8, 4) is 0 Å². The topological polar surface area (TPSA) is 58.7 Å². The minimum absolute atomic E-state index is 0.0763. The molecule has 2 aliphatic rings. The average Bonchev–Trinajstić information content (AvgIpc) is 2.77. The van der Waals surface area contributed by atoms with Crippen molar-refractivity contribution in [3.63, 3.8) is 0 Å². The standard InChI is InChI=1S/C10H17N3OS/c1-2-4-13-8(7-3-5-15-6-7)9(11)12-10(13)14/h7-8H,2-6H2,1H3,(H2,11,12,14). The van der Waals surface area contributed by atoms with E-state index in [-0.39, 0.29) is 12.1 Å². The molecule has 84 valence electrons. The van der Waals surface area contributed by atoms with E-state index in [4.69, 9.17) is 5.73 Å². The largest absolute Gasteiger partial charge is 0.385 e. The van der Waals surface area contributed by atoms with Crippen LogP contribution in [0.2, 0.25) is 0 Å². The molecule has 0 bridgehead atoms. The summed E-state index contributed by atoms with van der Waals surface area (Å²) in [7, 11) is 0. The first-order valence-corrected chi connectivity index (χ1v) is 6.62. The first-order valence-electron chi connectivity index (χ1n) is 5.46. The second-order valence-electron chi connectivity index (χ2n) is 4.08. The molecule has 4 nitrogen and oxygen atoms in total. The Kier molecular flexibility index (Phi) is 3.19. The highest BCUT2D eigenvalue weighted by Gasteiger charge is 2.39. The predicted octanol–water partition coefficient (Wildman–Crippen LogP) is 1.31. The third-order valence-corrected chi connectivity index (χ3v) is 4.17. The number of thioether (sulfide) groups is 1. The van der Waals surface area contributed by atoms with Crippen LogP contribution in [0.4, 0.5) is 4.79 Å². The summed E-state index contributed by atoms with van der Waals surface area (Å²) in [6.45, 7) is 2.84. The molecule has 0 spiro atoms. The molecule has 15 heavy (non-hydrogen) atoms. The van der Waals surface area contributed by atoms with Crippen LogP contribution in [0.3, 0.4) is 0 Å². The summed E-state index contributed by atoms with van der Waals surface area (Å²) in [4.78, 5) is 17.3. The molecule has 2 heterocycles. The zero-order valence-electron chi connectivity index (χ0n) is 8.98. The quantitative estimate of drug-likeness (QED) is 0.791. The molecule has 1 saturated heterocycles. The number of amides is 2. The average molecular weight is 227 g/mol. The first kappa shape index (κ1) is 10.8. The summed E-state index contributed by atoms with van der Waals surface area (Å²) in [5.74, 6) is 3.33. The number of urea groups is 1. The molecule has 2 amide bonds. The van der Waals surface area contributed by atoms with Gasteiger partial charge in [-0.3, -0.25) is 0 Å². The molecule has 0 aromatic heterocycles. The Balaban J connectivity index is 2.12. The SMILES string of the molecule is CCCN1C(=O)N=C(N)C1C1CCSC1. The maximum atomic E-state index is 11.6. The summed E-state index contributed by atoms with van der Waals surface area (Å²) < 4.78 is 0. The fourth-order valence-corrected chi connectivity index (χ4v) is 3.58. The number of aliphatic imine (C=N–C) groups is 1. The minimum atomic E-state index is -0.142. The number of carbonyl (C=O) groups is 1. The Labute approximate surface area is 94.3 Å². The van der Waals surface area contributed by atoms with Gasteiger partial charge < -0.3 is 10.6 Å². The second kappa shape index (κ2) is 4.43. The number of amidine groups is 1. The zero-order valence-corrected chi connectivity index (χ0v) is 9.80. The van der Waals surface area contributed by atoms with Gasteiger partial charge >= 0.3 is 6.03 Å². The molecule has 0 saturated carbocycles. The zero-order chi connectivity index (χ0) is 10.8. The third-order valence-electron chi connectivity index (χ3n) is 2.99. The van der Waals surface area contributed by atoms with Crippen molar-refractivity contribution in [2.45, 2.75) is 25.8 Å². The summed E-state index contributed by atoms with van der Waals surface area (Å²) >= 11 is 1.94. The van der Waals surface area contributed by atoms with Crippen molar-refractivity contribution in [1.82, 2.24) is 4.90 Å². The molecular weight excluding hydrogens is 210 g/mol. The lowest BCUT2D eigenvalue weighted by atomic mass is 9.97. The lowest BCUT2D eigenvalue weighted by Crippen LogP contribution is -2.46. The maximum Gasteiger partial charge on any atom is 0.345 e. The van der Waals surface area contributed by atoms with Gasteiger partial charge in [0, 0.05) is 6.54 Å². The van der Waals surface area contributed by atoms with E-state index in [1.807, 2.05) is 16.7 Å². The maximum absolute atomic E-state index is 11.6. The van der Waals surface area contributed by atoms with Crippen molar-refractivity contribution in [2.24, 2.45) is 16.6 Å². The van der Waals surface area contributed by atoms with E-state index in [9.17, 15) is 4.79 Å². The van der Waals surface area contributed by atoms with Gasteiger partial charge in [-0.1, -0.05) is 6.92 Å². The van der Waals surface area contributed by atoms with Gasteiger partial charge in [0.15, 0.2) is 0 Å². The summed E-state index contributed by atoms with van der Waals surface area (Å²) in [5.41, 5.74) is 5.85. The van der Waals surface area contributed by atoms with Crippen LogP contribution >= 0.6 is 11.8 Å². The van der Waals surface area contributed by atoms with Gasteiger partial charge in [0.05, 0.1) is 6.04 Å². The normalized spacial score (nSPS) is 31.1.